The summed E-state index contributed by atoms with van der Waals surface area (Å²) in [5, 5.41) is 11.5. The standard InChI is InChI=1S/C11H10N2O3/c1-7-3-4-8-10(16-2)6-5-9(13(14)15)11(8)12-7/h3-6H,1-2H3. The summed E-state index contributed by atoms with van der Waals surface area (Å²) in [4.78, 5) is 14.6. The Labute approximate surface area is 91.8 Å². The van der Waals surface area contributed by atoms with Crippen molar-refractivity contribution in [2.24, 2.45) is 0 Å². The number of fused-ring (bicyclic) bond motifs is 1. The summed E-state index contributed by atoms with van der Waals surface area (Å²) in [7, 11) is 1.53. The van der Waals surface area contributed by atoms with Crippen molar-refractivity contribution < 1.29 is 9.66 Å². The van der Waals surface area contributed by atoms with Crippen molar-refractivity contribution >= 4 is 16.6 Å². The summed E-state index contributed by atoms with van der Waals surface area (Å²) in [5.41, 5.74) is 1.10. The molecule has 16 heavy (non-hydrogen) atoms. The highest BCUT2D eigenvalue weighted by Gasteiger charge is 2.15. The Bertz CT molecular complexity index is 566. The van der Waals surface area contributed by atoms with Crippen LogP contribution in [0.3, 0.4) is 0 Å². The molecular formula is C11H10N2O3. The third kappa shape index (κ3) is 1.56. The molecule has 0 bridgehead atoms. The minimum absolute atomic E-state index is 0.000463. The highest BCUT2D eigenvalue weighted by Crippen LogP contribution is 2.31. The minimum atomic E-state index is -0.436. The molecule has 0 saturated carbocycles. The molecule has 1 heterocycles. The van der Waals surface area contributed by atoms with Crippen LogP contribution in [0, 0.1) is 17.0 Å². The number of hydrogen-bond donors (Lipinski definition) is 0. The van der Waals surface area contributed by atoms with Crippen LogP contribution in [0.25, 0.3) is 10.9 Å². The van der Waals surface area contributed by atoms with Gasteiger partial charge in [0.15, 0.2) is 5.52 Å². The lowest BCUT2D eigenvalue weighted by atomic mass is 10.1. The van der Waals surface area contributed by atoms with Crippen molar-refractivity contribution in [2.75, 3.05) is 7.11 Å². The van der Waals surface area contributed by atoms with E-state index in [0.717, 1.165) is 5.69 Å². The maximum absolute atomic E-state index is 10.9. The maximum atomic E-state index is 10.9. The molecule has 0 aliphatic rings. The third-order valence-corrected chi connectivity index (χ3v) is 2.35. The van der Waals surface area contributed by atoms with Gasteiger partial charge in [0.25, 0.3) is 5.69 Å². The first-order valence-electron chi connectivity index (χ1n) is 4.72. The predicted molar refractivity (Wildman–Crippen MR) is 59.7 cm³/mol. The molecule has 0 unspecified atom stereocenters. The van der Waals surface area contributed by atoms with Gasteiger partial charge in [0.05, 0.1) is 12.0 Å². The Morgan fingerprint density at radius 1 is 1.31 bits per heavy atom. The molecule has 5 heteroatoms. The van der Waals surface area contributed by atoms with Crippen molar-refractivity contribution in [1.82, 2.24) is 4.98 Å². The molecule has 2 rings (SSSR count). The first-order chi connectivity index (χ1) is 7.63. The van der Waals surface area contributed by atoms with Crippen LogP contribution in [0.4, 0.5) is 5.69 Å². The maximum Gasteiger partial charge on any atom is 0.295 e. The molecule has 0 N–H and O–H groups in total. The number of non-ortho nitro benzene ring substituents is 1. The van der Waals surface area contributed by atoms with Gasteiger partial charge in [-0.05, 0) is 25.1 Å². The van der Waals surface area contributed by atoms with Crippen molar-refractivity contribution in [2.45, 2.75) is 6.92 Å². The van der Waals surface area contributed by atoms with E-state index in [-0.39, 0.29) is 5.69 Å². The lowest BCUT2D eigenvalue weighted by Crippen LogP contribution is -1.95. The fourth-order valence-electron chi connectivity index (χ4n) is 1.60. The number of methoxy groups -OCH3 is 1. The Balaban J connectivity index is 2.85. The van der Waals surface area contributed by atoms with Crippen LogP contribution in [0.5, 0.6) is 5.75 Å². The summed E-state index contributed by atoms with van der Waals surface area (Å²) in [6.07, 6.45) is 0. The van der Waals surface area contributed by atoms with Gasteiger partial charge in [0.1, 0.15) is 5.75 Å². The number of pyridine rings is 1. The lowest BCUT2D eigenvalue weighted by Gasteiger charge is -2.05. The van der Waals surface area contributed by atoms with Crippen LogP contribution < -0.4 is 4.74 Å². The number of nitrogens with zero attached hydrogens (tertiary/aromatic N) is 2. The quantitative estimate of drug-likeness (QED) is 0.573. The largest absolute Gasteiger partial charge is 0.496 e. The Kier molecular flexibility index (Phi) is 2.44. The molecule has 5 nitrogen and oxygen atoms in total. The molecule has 0 amide bonds. The molecule has 1 aromatic carbocycles. The molecule has 0 spiro atoms. The van der Waals surface area contributed by atoms with Crippen LogP contribution in [0.2, 0.25) is 0 Å². The van der Waals surface area contributed by atoms with Gasteiger partial charge in [0, 0.05) is 17.1 Å². The van der Waals surface area contributed by atoms with Gasteiger partial charge in [-0.15, -0.1) is 0 Å². The van der Waals surface area contributed by atoms with Gasteiger partial charge >= 0.3 is 0 Å². The SMILES string of the molecule is COc1ccc([N+](=O)[O-])c2nc(C)ccc12. The second-order valence-corrected chi connectivity index (χ2v) is 3.39. The van der Waals surface area contributed by atoms with E-state index in [1.165, 1.54) is 13.2 Å². The van der Waals surface area contributed by atoms with E-state index in [4.69, 9.17) is 4.74 Å². The molecule has 1 aromatic heterocycles. The summed E-state index contributed by atoms with van der Waals surface area (Å²) in [6.45, 7) is 1.79. The Morgan fingerprint density at radius 2 is 2.06 bits per heavy atom. The fraction of sp³-hybridized carbons (Fsp3) is 0.182. The molecule has 2 aromatic rings. The number of aryl methyl sites for hydroxylation is 1. The van der Waals surface area contributed by atoms with Gasteiger partial charge in [-0.2, -0.15) is 0 Å². The molecule has 0 fully saturated rings. The zero-order chi connectivity index (χ0) is 11.7. The van der Waals surface area contributed by atoms with Crippen LogP contribution in [0.1, 0.15) is 5.69 Å². The highest BCUT2D eigenvalue weighted by molar-refractivity contribution is 5.92. The second kappa shape index (κ2) is 3.77. The first-order valence-corrected chi connectivity index (χ1v) is 4.72. The molecule has 82 valence electrons. The molecule has 0 saturated heterocycles. The van der Waals surface area contributed by atoms with E-state index >= 15 is 0 Å². The van der Waals surface area contributed by atoms with Gasteiger partial charge in [-0.1, -0.05) is 0 Å². The molecular weight excluding hydrogens is 208 g/mol. The van der Waals surface area contributed by atoms with Gasteiger partial charge in [0.2, 0.25) is 0 Å². The van der Waals surface area contributed by atoms with Crippen LogP contribution in [0.15, 0.2) is 24.3 Å². The van der Waals surface area contributed by atoms with E-state index < -0.39 is 4.92 Å². The van der Waals surface area contributed by atoms with E-state index in [1.54, 1.807) is 25.1 Å². The fourth-order valence-corrected chi connectivity index (χ4v) is 1.60. The summed E-state index contributed by atoms with van der Waals surface area (Å²) >= 11 is 0. The summed E-state index contributed by atoms with van der Waals surface area (Å²) < 4.78 is 5.14. The van der Waals surface area contributed by atoms with Gasteiger partial charge in [-0.3, -0.25) is 10.1 Å². The Morgan fingerprint density at radius 3 is 2.69 bits per heavy atom. The molecule has 0 atom stereocenters. The predicted octanol–water partition coefficient (Wildman–Crippen LogP) is 2.46. The first kappa shape index (κ1) is 10.4. The normalized spacial score (nSPS) is 10.4. The average Bonchev–Trinajstić information content (AvgIpc) is 2.26. The van der Waals surface area contributed by atoms with Gasteiger partial charge < -0.3 is 4.74 Å². The van der Waals surface area contributed by atoms with Crippen LogP contribution in [-0.2, 0) is 0 Å². The van der Waals surface area contributed by atoms with Crippen molar-refractivity contribution in [3.63, 3.8) is 0 Å². The Hall–Kier alpha value is -2.17. The monoisotopic (exact) mass is 218 g/mol. The number of benzene rings is 1. The number of hydrogen-bond acceptors (Lipinski definition) is 4. The number of ether oxygens (including phenoxy) is 1. The second-order valence-electron chi connectivity index (χ2n) is 3.39. The summed E-state index contributed by atoms with van der Waals surface area (Å²) in [5.74, 6) is 0.591. The lowest BCUT2D eigenvalue weighted by molar-refractivity contribution is -0.383. The van der Waals surface area contributed by atoms with Crippen molar-refractivity contribution in [1.29, 1.82) is 0 Å². The van der Waals surface area contributed by atoms with E-state index in [0.29, 0.717) is 16.7 Å². The third-order valence-electron chi connectivity index (χ3n) is 2.35. The topological polar surface area (TPSA) is 65.3 Å². The number of aromatic nitrogens is 1. The van der Waals surface area contributed by atoms with Crippen molar-refractivity contribution in [3.05, 3.63) is 40.1 Å². The molecule has 0 radical (unpaired) electrons. The minimum Gasteiger partial charge on any atom is -0.496 e. The average molecular weight is 218 g/mol. The van der Waals surface area contributed by atoms with Gasteiger partial charge in [-0.25, -0.2) is 4.98 Å². The molecule has 0 aliphatic heterocycles. The summed E-state index contributed by atoms with van der Waals surface area (Å²) in [6, 6.07) is 6.57. The van der Waals surface area contributed by atoms with E-state index in [9.17, 15) is 10.1 Å². The van der Waals surface area contributed by atoms with E-state index in [2.05, 4.69) is 4.98 Å². The van der Waals surface area contributed by atoms with Crippen LogP contribution in [-0.4, -0.2) is 17.0 Å². The zero-order valence-corrected chi connectivity index (χ0v) is 8.93. The van der Waals surface area contributed by atoms with Crippen molar-refractivity contribution in [3.8, 4) is 5.75 Å². The molecule has 0 aliphatic carbocycles. The zero-order valence-electron chi connectivity index (χ0n) is 8.93. The highest BCUT2D eigenvalue weighted by atomic mass is 16.6. The number of nitro benzene ring substituents is 1. The smallest absolute Gasteiger partial charge is 0.295 e. The van der Waals surface area contributed by atoms with Crippen LogP contribution >= 0.6 is 0 Å². The number of rotatable bonds is 2. The van der Waals surface area contributed by atoms with E-state index in [1.807, 2.05) is 0 Å². The number of nitro groups is 1.